The molecule has 0 bridgehead atoms. The van der Waals surface area contributed by atoms with Gasteiger partial charge in [-0.2, -0.15) is 0 Å². The van der Waals surface area contributed by atoms with Crippen molar-refractivity contribution in [1.29, 1.82) is 0 Å². The average Bonchev–Trinajstić information content (AvgIpc) is 3.73. The summed E-state index contributed by atoms with van der Waals surface area (Å²) in [5.74, 6) is 0.0585. The number of hydrogen-bond donors (Lipinski definition) is 0. The first-order valence-electron chi connectivity index (χ1n) is 17.1. The summed E-state index contributed by atoms with van der Waals surface area (Å²) in [5, 5.41) is 0.912. The topological polar surface area (TPSA) is 43.9 Å². The Kier molecular flexibility index (Phi) is 8.14. The Morgan fingerprint density at radius 2 is 1.57 bits per heavy atom. The number of hydrogen-bond acceptors (Lipinski definition) is 3. The number of pyridine rings is 1. The number of rotatable bonds is 5. The minimum atomic E-state index is -2.09. The Balaban J connectivity index is 0.000000222. The number of para-hydroxylation sites is 2. The van der Waals surface area contributed by atoms with Gasteiger partial charge in [0, 0.05) is 49.3 Å². The molecule has 0 N–H and O–H groups in total. The van der Waals surface area contributed by atoms with Crippen LogP contribution in [-0.2, 0) is 20.1 Å². The molecule has 0 unspecified atom stereocenters. The number of aryl methyl sites for hydroxylation is 1. The van der Waals surface area contributed by atoms with Gasteiger partial charge in [0.15, 0.2) is 0 Å². The molecule has 0 atom stereocenters. The molecule has 5 heteroatoms. The van der Waals surface area contributed by atoms with Crippen molar-refractivity contribution >= 4 is 22.0 Å². The zero-order valence-electron chi connectivity index (χ0n) is 29.9. The fraction of sp³-hybridized carbons (Fsp3) is 0.0952. The van der Waals surface area contributed by atoms with Gasteiger partial charge in [-0.3, -0.25) is 4.98 Å². The summed E-state index contributed by atoms with van der Waals surface area (Å²) in [6.45, 7) is 1.69. The Morgan fingerprint density at radius 3 is 2.30 bits per heavy atom. The van der Waals surface area contributed by atoms with Crippen LogP contribution in [0.25, 0.3) is 61.5 Å². The molecule has 47 heavy (non-hydrogen) atoms. The van der Waals surface area contributed by atoms with Crippen LogP contribution >= 0.6 is 0 Å². The van der Waals surface area contributed by atoms with Crippen LogP contribution in [0.15, 0.2) is 144 Å². The van der Waals surface area contributed by atoms with E-state index in [-0.39, 0.29) is 25.7 Å². The third kappa shape index (κ3) is 6.73. The van der Waals surface area contributed by atoms with Gasteiger partial charge in [0.2, 0.25) is 0 Å². The summed E-state index contributed by atoms with van der Waals surface area (Å²) in [4.78, 5) is 9.10. The Hall–Kier alpha value is -5.09. The first-order valence-corrected chi connectivity index (χ1v) is 15.1. The van der Waals surface area contributed by atoms with E-state index in [1.54, 1.807) is 18.2 Å². The molecule has 1 radical (unpaired) electrons. The maximum Gasteiger partial charge on any atom is 0.0774 e. The fourth-order valence-electron chi connectivity index (χ4n) is 5.45. The number of furan rings is 1. The SMILES string of the molecule is [2H]C(C)(C)c1ccc2o[c-]c(-c3nc4ccccc4n3-c3ccc(-c4ccccc4)cc3)c2c1.[2H]C([2H])([2H])c1ccc(-c2[c-]cccc2)nc1.[Ir]. The third-order valence-electron chi connectivity index (χ3n) is 7.85. The molecule has 3 aromatic heterocycles. The van der Waals surface area contributed by atoms with Crippen LogP contribution in [0.2, 0.25) is 0 Å². The molecule has 8 aromatic rings. The van der Waals surface area contributed by atoms with Crippen molar-refractivity contribution in [3.05, 3.63) is 163 Å². The van der Waals surface area contributed by atoms with Gasteiger partial charge < -0.3 is 14.0 Å². The molecule has 0 aliphatic carbocycles. The third-order valence-corrected chi connectivity index (χ3v) is 7.85. The van der Waals surface area contributed by atoms with Crippen molar-refractivity contribution in [3.8, 4) is 39.5 Å². The zero-order valence-corrected chi connectivity index (χ0v) is 28.3. The zero-order chi connectivity index (χ0) is 34.9. The van der Waals surface area contributed by atoms with Crippen LogP contribution < -0.4 is 0 Å². The molecule has 233 valence electrons. The molecule has 0 fully saturated rings. The van der Waals surface area contributed by atoms with Crippen molar-refractivity contribution in [3.63, 3.8) is 0 Å². The first kappa shape index (κ1) is 27.1. The van der Waals surface area contributed by atoms with E-state index >= 15 is 0 Å². The van der Waals surface area contributed by atoms with E-state index in [1.807, 2.05) is 74.5 Å². The number of imidazole rings is 1. The molecular formula is C42H33IrN3O-2. The molecule has 0 amide bonds. The summed E-state index contributed by atoms with van der Waals surface area (Å²) in [6, 6.07) is 46.7. The summed E-state index contributed by atoms with van der Waals surface area (Å²) in [6.07, 6.45) is 4.49. The summed E-state index contributed by atoms with van der Waals surface area (Å²) in [7, 11) is 0. The second-order valence-electron chi connectivity index (χ2n) is 11.2. The van der Waals surface area contributed by atoms with Crippen LogP contribution in [0.3, 0.4) is 0 Å². The van der Waals surface area contributed by atoms with E-state index in [4.69, 9.17) is 14.9 Å². The van der Waals surface area contributed by atoms with Gasteiger partial charge >= 0.3 is 0 Å². The summed E-state index contributed by atoms with van der Waals surface area (Å²) < 4.78 is 38.1. The maximum atomic E-state index is 8.47. The van der Waals surface area contributed by atoms with Gasteiger partial charge in [0.05, 0.1) is 16.9 Å². The molecular weight excluding hydrogens is 755 g/mol. The average molecular weight is 792 g/mol. The van der Waals surface area contributed by atoms with Gasteiger partial charge in [0.25, 0.3) is 0 Å². The number of nitrogens with zero attached hydrogens (tertiary/aromatic N) is 3. The number of aromatic nitrogens is 3. The molecule has 0 saturated heterocycles. The van der Waals surface area contributed by atoms with Crippen molar-refractivity contribution in [1.82, 2.24) is 14.5 Å². The first-order chi connectivity index (χ1) is 24.1. The molecule has 0 aliphatic heterocycles. The van der Waals surface area contributed by atoms with Gasteiger partial charge in [-0.1, -0.05) is 115 Å². The molecule has 0 spiro atoms. The Labute approximate surface area is 294 Å². The largest absolute Gasteiger partial charge is 0.557 e. The van der Waals surface area contributed by atoms with Crippen molar-refractivity contribution in [2.24, 2.45) is 0 Å². The molecule has 4 nitrogen and oxygen atoms in total. The van der Waals surface area contributed by atoms with E-state index in [2.05, 4.69) is 76.5 Å². The second-order valence-corrected chi connectivity index (χ2v) is 11.2. The standard InChI is InChI=1S/C30H23N2O.C12H10N.Ir/c1-20(2)23-14-17-29-25(18-23)26(19-33-29)30-31-27-10-6-7-11-28(27)32(30)24-15-12-22(13-16-24)21-8-4-3-5-9-21;1-10-7-8-12(13-9-10)11-5-3-2-4-6-11;/h3-18,20H,1-2H3;2-5,7-9H,1H3;/q2*-1;/i20D;1D3;. The number of benzene rings is 5. The molecule has 0 saturated carbocycles. The van der Waals surface area contributed by atoms with E-state index in [9.17, 15) is 0 Å². The number of fused-ring (bicyclic) bond motifs is 2. The maximum absolute atomic E-state index is 8.47. The Bertz CT molecular complexity index is 2380. The van der Waals surface area contributed by atoms with Crippen LogP contribution in [0.4, 0.5) is 0 Å². The van der Waals surface area contributed by atoms with Crippen molar-refractivity contribution < 1.29 is 30.0 Å². The molecule has 0 aliphatic rings. The predicted octanol–water partition coefficient (Wildman–Crippen LogP) is 10.9. The fourth-order valence-corrected chi connectivity index (χ4v) is 5.45. The molecule has 3 heterocycles. The van der Waals surface area contributed by atoms with E-state index in [0.29, 0.717) is 0 Å². The molecule has 8 rings (SSSR count). The van der Waals surface area contributed by atoms with E-state index in [0.717, 1.165) is 61.5 Å². The smallest absolute Gasteiger partial charge is 0.0774 e. The molecule has 5 aromatic carbocycles. The summed E-state index contributed by atoms with van der Waals surface area (Å²) >= 11 is 0. The van der Waals surface area contributed by atoms with Crippen LogP contribution in [0.5, 0.6) is 0 Å². The van der Waals surface area contributed by atoms with Crippen LogP contribution in [-0.4, -0.2) is 14.5 Å². The van der Waals surface area contributed by atoms with Crippen LogP contribution in [0, 0.1) is 19.2 Å². The van der Waals surface area contributed by atoms with Crippen LogP contribution in [0.1, 0.15) is 36.4 Å². The minimum Gasteiger partial charge on any atom is -0.557 e. The van der Waals surface area contributed by atoms with E-state index < -0.39 is 12.7 Å². The van der Waals surface area contributed by atoms with E-state index in [1.165, 1.54) is 11.8 Å². The summed E-state index contributed by atoms with van der Waals surface area (Å²) in [5.41, 5.74) is 9.59. The normalized spacial score (nSPS) is 12.6. The quantitative estimate of drug-likeness (QED) is 0.163. The van der Waals surface area contributed by atoms with Crippen molar-refractivity contribution in [2.45, 2.75) is 26.6 Å². The van der Waals surface area contributed by atoms with Gasteiger partial charge in [-0.05, 0) is 59.4 Å². The van der Waals surface area contributed by atoms with Gasteiger partial charge in [0.1, 0.15) is 0 Å². The Morgan fingerprint density at radius 1 is 0.809 bits per heavy atom. The minimum absolute atomic E-state index is 0. The monoisotopic (exact) mass is 792 g/mol. The van der Waals surface area contributed by atoms with Crippen molar-refractivity contribution in [2.75, 3.05) is 0 Å². The second kappa shape index (κ2) is 14.1. The van der Waals surface area contributed by atoms with Gasteiger partial charge in [-0.25, -0.2) is 0 Å². The predicted molar refractivity (Wildman–Crippen MR) is 188 cm³/mol. The van der Waals surface area contributed by atoms with Gasteiger partial charge in [-0.15, -0.1) is 35.9 Å².